The number of esters is 1. The van der Waals surface area contributed by atoms with Gasteiger partial charge in [0.1, 0.15) is 4.88 Å². The van der Waals surface area contributed by atoms with Crippen LogP contribution in [0.4, 0.5) is 0 Å². The minimum absolute atomic E-state index is 0.175. The van der Waals surface area contributed by atoms with Gasteiger partial charge in [-0.25, -0.2) is 4.79 Å². The van der Waals surface area contributed by atoms with E-state index in [9.17, 15) is 9.90 Å². The van der Waals surface area contributed by atoms with E-state index >= 15 is 0 Å². The van der Waals surface area contributed by atoms with Crippen LogP contribution in [0.15, 0.2) is 24.3 Å². The number of alkyl halides is 1. The molecular formula is C29H49ClO4SSi. The second kappa shape index (κ2) is 13.9. The Hall–Kier alpha value is -0.663. The zero-order chi connectivity index (χ0) is 27.1. The van der Waals surface area contributed by atoms with Gasteiger partial charge in [0.2, 0.25) is 0 Å². The first-order valence-corrected chi connectivity index (χ1v) is 17.8. The van der Waals surface area contributed by atoms with Gasteiger partial charge >= 0.3 is 5.97 Å². The lowest BCUT2D eigenvalue weighted by atomic mass is 9.86. The summed E-state index contributed by atoms with van der Waals surface area (Å²) >= 11 is 8.28. The first kappa shape index (κ1) is 31.6. The molecule has 1 fully saturated rings. The molecule has 0 aliphatic heterocycles. The predicted molar refractivity (Wildman–Crippen MR) is 156 cm³/mol. The van der Waals surface area contributed by atoms with Crippen molar-refractivity contribution in [2.75, 3.05) is 7.11 Å². The molecule has 1 saturated carbocycles. The molecule has 0 aromatic carbocycles. The Labute approximate surface area is 229 Å². The number of carbonyl (C=O) groups is 1. The Bertz CT molecular complexity index is 847. The van der Waals surface area contributed by atoms with E-state index in [0.29, 0.717) is 22.6 Å². The molecule has 0 amide bonds. The normalized spacial score (nSPS) is 24.8. The van der Waals surface area contributed by atoms with Crippen LogP contribution in [0.5, 0.6) is 0 Å². The summed E-state index contributed by atoms with van der Waals surface area (Å²) in [5.41, 5.74) is 0. The molecule has 1 aromatic heterocycles. The highest BCUT2D eigenvalue weighted by Crippen LogP contribution is 2.44. The van der Waals surface area contributed by atoms with E-state index in [4.69, 9.17) is 20.8 Å². The summed E-state index contributed by atoms with van der Waals surface area (Å²) in [6.07, 6.45) is 10.8. The van der Waals surface area contributed by atoms with E-state index in [1.807, 2.05) is 18.2 Å². The van der Waals surface area contributed by atoms with Crippen LogP contribution in [0.2, 0.25) is 18.1 Å². The lowest BCUT2D eigenvalue weighted by Crippen LogP contribution is -2.43. The summed E-state index contributed by atoms with van der Waals surface area (Å²) in [4.78, 5) is 13.6. The first-order valence-electron chi connectivity index (χ1n) is 13.6. The van der Waals surface area contributed by atoms with Crippen molar-refractivity contribution < 1.29 is 19.1 Å². The Kier molecular flexibility index (Phi) is 12.2. The fraction of sp³-hybridized carbons (Fsp3) is 0.759. The average molecular weight is 557 g/mol. The Morgan fingerprint density at radius 3 is 2.61 bits per heavy atom. The van der Waals surface area contributed by atoms with E-state index < -0.39 is 14.4 Å². The van der Waals surface area contributed by atoms with Crippen LogP contribution in [0.25, 0.3) is 0 Å². The molecular weight excluding hydrogens is 508 g/mol. The maximum absolute atomic E-state index is 11.7. The van der Waals surface area contributed by atoms with Gasteiger partial charge in [-0.2, -0.15) is 0 Å². The van der Waals surface area contributed by atoms with Crippen LogP contribution in [0, 0.1) is 17.8 Å². The van der Waals surface area contributed by atoms with Crippen molar-refractivity contribution in [3.8, 4) is 0 Å². The molecule has 0 unspecified atom stereocenters. The summed E-state index contributed by atoms with van der Waals surface area (Å²) in [5.74, 6) is 1.07. The molecule has 2 rings (SSSR count). The first-order chi connectivity index (χ1) is 16.7. The van der Waals surface area contributed by atoms with Gasteiger partial charge in [0.15, 0.2) is 8.32 Å². The van der Waals surface area contributed by atoms with E-state index in [1.54, 1.807) is 0 Å². The van der Waals surface area contributed by atoms with Gasteiger partial charge < -0.3 is 14.3 Å². The van der Waals surface area contributed by atoms with Gasteiger partial charge in [-0.15, -0.1) is 22.9 Å². The average Bonchev–Trinajstić information content (AvgIpc) is 3.35. The van der Waals surface area contributed by atoms with Crippen LogP contribution in [-0.4, -0.2) is 44.1 Å². The van der Waals surface area contributed by atoms with Gasteiger partial charge in [0, 0.05) is 16.4 Å². The molecule has 0 spiro atoms. The SMILES string of the molecule is COC(=O)c1ccc(CCC[C@@H]2[C@@H](/C=C/[C@@H](O)CCC[C@@H](C)O[Si](C)(C)C(C)(C)C)[C@H](C)C[C@H]2Cl)s1. The highest BCUT2D eigenvalue weighted by Gasteiger charge is 2.39. The van der Waals surface area contributed by atoms with Gasteiger partial charge in [-0.3, -0.25) is 0 Å². The van der Waals surface area contributed by atoms with Crippen LogP contribution in [0.3, 0.4) is 0 Å². The summed E-state index contributed by atoms with van der Waals surface area (Å²) in [6, 6.07) is 3.87. The molecule has 0 bridgehead atoms. The fourth-order valence-corrected chi connectivity index (χ4v) is 8.02. The predicted octanol–water partition coefficient (Wildman–Crippen LogP) is 8.23. The lowest BCUT2D eigenvalue weighted by molar-refractivity contribution is 0.0606. The number of halogens is 1. The molecule has 1 aromatic rings. The zero-order valence-electron chi connectivity index (χ0n) is 23.7. The summed E-state index contributed by atoms with van der Waals surface area (Å²) in [7, 11) is -0.332. The topological polar surface area (TPSA) is 55.8 Å². The van der Waals surface area contributed by atoms with Crippen LogP contribution in [-0.2, 0) is 15.6 Å². The van der Waals surface area contributed by atoms with Crippen molar-refractivity contribution in [3.63, 3.8) is 0 Å². The van der Waals surface area contributed by atoms with Crippen molar-refractivity contribution >= 4 is 37.2 Å². The zero-order valence-corrected chi connectivity index (χ0v) is 26.3. The molecule has 1 aliphatic carbocycles. The van der Waals surface area contributed by atoms with Gasteiger partial charge in [-0.05, 0) is 99.9 Å². The van der Waals surface area contributed by atoms with E-state index in [-0.39, 0.29) is 22.5 Å². The molecule has 7 heteroatoms. The van der Waals surface area contributed by atoms with Crippen molar-refractivity contribution in [1.82, 2.24) is 0 Å². The number of rotatable bonds is 13. The van der Waals surface area contributed by atoms with Crippen molar-refractivity contribution in [1.29, 1.82) is 0 Å². The molecule has 36 heavy (non-hydrogen) atoms. The van der Waals surface area contributed by atoms with Gasteiger partial charge in [-0.1, -0.05) is 39.8 Å². The van der Waals surface area contributed by atoms with E-state index in [1.165, 1.54) is 23.3 Å². The molecule has 1 aliphatic rings. The third-order valence-corrected chi connectivity index (χ3v) is 14.4. The minimum atomic E-state index is -1.75. The monoisotopic (exact) mass is 556 g/mol. The number of ether oxygens (including phenoxy) is 1. The van der Waals surface area contributed by atoms with E-state index in [2.05, 4.69) is 53.8 Å². The lowest BCUT2D eigenvalue weighted by Gasteiger charge is -2.38. The van der Waals surface area contributed by atoms with Crippen LogP contribution in [0.1, 0.15) is 87.7 Å². The second-order valence-corrected chi connectivity index (χ2v) is 18.7. The van der Waals surface area contributed by atoms with Gasteiger partial charge in [0.25, 0.3) is 0 Å². The highest BCUT2D eigenvalue weighted by molar-refractivity contribution is 7.13. The molecule has 1 N–H and O–H groups in total. The number of methoxy groups -OCH3 is 1. The Morgan fingerprint density at radius 1 is 1.28 bits per heavy atom. The smallest absolute Gasteiger partial charge is 0.348 e. The number of thiophene rings is 1. The largest absolute Gasteiger partial charge is 0.465 e. The quantitative estimate of drug-likeness (QED) is 0.115. The number of aliphatic hydroxyl groups is 1. The number of carbonyl (C=O) groups excluding carboxylic acids is 1. The highest BCUT2D eigenvalue weighted by atomic mass is 35.5. The summed E-state index contributed by atoms with van der Waals surface area (Å²) < 4.78 is 11.3. The molecule has 0 saturated heterocycles. The molecule has 1 heterocycles. The summed E-state index contributed by atoms with van der Waals surface area (Å²) in [5, 5.41) is 11.0. The third-order valence-electron chi connectivity index (χ3n) is 8.19. The Balaban J connectivity index is 1.80. The molecule has 206 valence electrons. The Morgan fingerprint density at radius 2 is 1.97 bits per heavy atom. The molecule has 6 atom stereocenters. The minimum Gasteiger partial charge on any atom is -0.465 e. The van der Waals surface area contributed by atoms with Crippen molar-refractivity contribution in [2.45, 2.75) is 115 Å². The van der Waals surface area contributed by atoms with Crippen molar-refractivity contribution in [2.24, 2.45) is 17.8 Å². The summed E-state index contributed by atoms with van der Waals surface area (Å²) in [6.45, 7) is 15.8. The van der Waals surface area contributed by atoms with Crippen molar-refractivity contribution in [3.05, 3.63) is 34.0 Å². The molecule has 0 radical (unpaired) electrons. The number of aryl methyl sites for hydroxylation is 1. The fourth-order valence-electron chi connectivity index (χ4n) is 5.00. The number of allylic oxidation sites excluding steroid dienone is 1. The maximum atomic E-state index is 11.7. The number of aliphatic hydroxyl groups excluding tert-OH is 1. The van der Waals surface area contributed by atoms with Crippen LogP contribution < -0.4 is 0 Å². The second-order valence-electron chi connectivity index (χ2n) is 12.2. The number of hydrogen-bond acceptors (Lipinski definition) is 5. The maximum Gasteiger partial charge on any atom is 0.348 e. The van der Waals surface area contributed by atoms with E-state index in [0.717, 1.165) is 44.9 Å². The van der Waals surface area contributed by atoms with Gasteiger partial charge in [0.05, 0.1) is 13.2 Å². The standard InChI is InChI=1S/C29H49ClO4SSi/c1-20-19-26(30)25(14-10-13-23-16-18-27(35-23)28(32)33-6)24(20)17-15-22(31)12-9-11-21(2)34-36(7,8)29(3,4)5/h15-18,20-22,24-26,31H,9-14,19H2,1-8H3/b17-15+/t20-,21-,22+,24+,25-,26-/m1/s1. The molecule has 4 nitrogen and oxygen atoms in total. The third kappa shape index (κ3) is 9.27. The number of hydrogen-bond donors (Lipinski definition) is 1. The van der Waals surface area contributed by atoms with Crippen LogP contribution >= 0.6 is 22.9 Å².